The van der Waals surface area contributed by atoms with Crippen molar-refractivity contribution in [2.45, 2.75) is 37.0 Å². The molecule has 1 saturated carbocycles. The Morgan fingerprint density at radius 1 is 1.19 bits per heavy atom. The third-order valence-corrected chi connectivity index (χ3v) is 5.76. The Morgan fingerprint density at radius 3 is 2.53 bits per heavy atom. The Hall–Kier alpha value is -3.03. The highest BCUT2D eigenvalue weighted by atomic mass is 35.5. The fraction of sp³-hybridized carbons (Fsp3) is 0.286. The van der Waals surface area contributed by atoms with Crippen molar-refractivity contribution in [3.05, 3.63) is 59.3 Å². The summed E-state index contributed by atoms with van der Waals surface area (Å²) in [4.78, 5) is 32.3. The van der Waals surface area contributed by atoms with E-state index in [0.29, 0.717) is 30.2 Å². The number of anilines is 1. The van der Waals surface area contributed by atoms with Crippen LogP contribution in [0.25, 0.3) is 5.82 Å². The van der Waals surface area contributed by atoms with Gasteiger partial charge in [0.2, 0.25) is 5.91 Å². The molecule has 2 N–H and O–H groups in total. The Morgan fingerprint density at radius 2 is 1.92 bits per heavy atom. The lowest BCUT2D eigenvalue weighted by Gasteiger charge is -2.16. The lowest BCUT2D eigenvalue weighted by molar-refractivity contribution is -0.274. The molecule has 1 fully saturated rings. The number of benzene rings is 1. The Kier molecular flexibility index (Phi) is 8.06. The first kappa shape index (κ1) is 27.6. The summed E-state index contributed by atoms with van der Waals surface area (Å²) < 4.78 is 42.8. The number of hydrogen-bond acceptors (Lipinski definition) is 6. The van der Waals surface area contributed by atoms with E-state index in [1.165, 1.54) is 23.3 Å². The van der Waals surface area contributed by atoms with Gasteiger partial charge in [-0.25, -0.2) is 9.97 Å². The molecule has 9 nitrogen and oxygen atoms in total. The molecule has 0 bridgehead atoms. The molecule has 192 valence electrons. The monoisotopic (exact) mass is 562 g/mol. The summed E-state index contributed by atoms with van der Waals surface area (Å²) in [5.41, 5.74) is 0.312. The van der Waals surface area contributed by atoms with Gasteiger partial charge in [-0.1, -0.05) is 11.6 Å². The zero-order chi connectivity index (χ0) is 25.4. The van der Waals surface area contributed by atoms with E-state index in [-0.39, 0.29) is 30.0 Å². The minimum atomic E-state index is -4.93. The van der Waals surface area contributed by atoms with E-state index in [4.69, 9.17) is 23.2 Å². The van der Waals surface area contributed by atoms with Gasteiger partial charge < -0.3 is 15.4 Å². The van der Waals surface area contributed by atoms with Gasteiger partial charge in [0.1, 0.15) is 17.0 Å². The average Bonchev–Trinajstić information content (AvgIpc) is 3.33. The number of carbonyl (C=O) groups is 2. The lowest BCUT2D eigenvalue weighted by Crippen LogP contribution is -2.29. The van der Waals surface area contributed by atoms with Crippen LogP contribution < -0.4 is 15.4 Å². The molecule has 0 saturated heterocycles. The summed E-state index contributed by atoms with van der Waals surface area (Å²) in [6.07, 6.45) is -1.02. The fourth-order valence-corrected chi connectivity index (χ4v) is 3.49. The van der Waals surface area contributed by atoms with Gasteiger partial charge in [0.05, 0.1) is 17.9 Å². The molecule has 1 atom stereocenters. The van der Waals surface area contributed by atoms with Gasteiger partial charge in [0.15, 0.2) is 11.6 Å². The quantitative estimate of drug-likeness (QED) is 0.409. The highest BCUT2D eigenvalue weighted by Gasteiger charge is 2.48. The number of halogens is 5. The first-order valence-electron chi connectivity index (χ1n) is 10.2. The van der Waals surface area contributed by atoms with E-state index >= 15 is 0 Å². The number of aromatic nitrogens is 4. The number of rotatable bonds is 7. The van der Waals surface area contributed by atoms with Crippen molar-refractivity contribution in [3.63, 3.8) is 0 Å². The molecule has 1 aromatic carbocycles. The van der Waals surface area contributed by atoms with Crippen molar-refractivity contribution < 1.29 is 27.5 Å². The van der Waals surface area contributed by atoms with Crippen LogP contribution in [-0.4, -0.2) is 42.8 Å². The lowest BCUT2D eigenvalue weighted by atomic mass is 10.2. The summed E-state index contributed by atoms with van der Waals surface area (Å²) >= 11 is 11.9. The van der Waals surface area contributed by atoms with Crippen molar-refractivity contribution >= 4 is 54.2 Å². The van der Waals surface area contributed by atoms with Gasteiger partial charge in [0.25, 0.3) is 5.91 Å². The minimum Gasteiger partial charge on any atom is -0.406 e. The molecule has 0 aliphatic heterocycles. The van der Waals surface area contributed by atoms with E-state index in [2.05, 4.69) is 30.4 Å². The first-order chi connectivity index (χ1) is 16.4. The van der Waals surface area contributed by atoms with Crippen molar-refractivity contribution in [2.75, 3.05) is 5.32 Å². The van der Waals surface area contributed by atoms with Crippen LogP contribution in [0.3, 0.4) is 0 Å². The van der Waals surface area contributed by atoms with Gasteiger partial charge >= 0.3 is 6.36 Å². The van der Waals surface area contributed by atoms with Gasteiger partial charge in [-0.15, -0.1) is 24.8 Å². The van der Waals surface area contributed by atoms with E-state index in [1.54, 1.807) is 19.1 Å². The number of hydrogen-bond donors (Lipinski definition) is 2. The van der Waals surface area contributed by atoms with E-state index in [1.807, 2.05) is 0 Å². The summed E-state index contributed by atoms with van der Waals surface area (Å²) in [5.74, 6) is -0.968. The zero-order valence-corrected chi connectivity index (χ0v) is 20.9. The summed E-state index contributed by atoms with van der Waals surface area (Å²) in [6.45, 7) is 1.61. The maximum atomic E-state index is 12.7. The Labute approximate surface area is 219 Å². The third kappa shape index (κ3) is 6.59. The second kappa shape index (κ2) is 10.5. The Bertz CT molecular complexity index is 1270. The second-order valence-electron chi connectivity index (χ2n) is 7.77. The fourth-order valence-electron chi connectivity index (χ4n) is 3.12. The van der Waals surface area contributed by atoms with Gasteiger partial charge in [-0.2, -0.15) is 23.3 Å². The molecule has 4 rings (SSSR count). The van der Waals surface area contributed by atoms with Gasteiger partial charge in [-0.05, 0) is 50.1 Å². The maximum absolute atomic E-state index is 12.7. The molecule has 15 heteroatoms. The SMILES string of the molecule is C[C@H](NC(=O)c1cc(Cl)cc(OC(F)(F)F)c1)c1ncnn1-c1ccc(NC(=O)C2(Cl)CC2)cn1.S. The van der Waals surface area contributed by atoms with Crippen molar-refractivity contribution in [3.8, 4) is 11.6 Å². The van der Waals surface area contributed by atoms with Crippen LogP contribution in [0, 0.1) is 0 Å². The van der Waals surface area contributed by atoms with E-state index in [0.717, 1.165) is 12.1 Å². The van der Waals surface area contributed by atoms with Crippen LogP contribution >= 0.6 is 36.7 Å². The molecule has 3 aromatic rings. The van der Waals surface area contributed by atoms with Crippen molar-refractivity contribution in [1.82, 2.24) is 25.1 Å². The number of nitrogens with zero attached hydrogens (tertiary/aromatic N) is 4. The molecule has 2 heterocycles. The molecule has 0 spiro atoms. The van der Waals surface area contributed by atoms with Gasteiger partial charge in [0, 0.05) is 10.6 Å². The molecular weight excluding hydrogens is 544 g/mol. The predicted molar refractivity (Wildman–Crippen MR) is 130 cm³/mol. The largest absolute Gasteiger partial charge is 0.573 e. The summed E-state index contributed by atoms with van der Waals surface area (Å²) in [6, 6.07) is 5.57. The summed E-state index contributed by atoms with van der Waals surface area (Å²) in [7, 11) is 0. The third-order valence-electron chi connectivity index (χ3n) is 4.99. The highest BCUT2D eigenvalue weighted by molar-refractivity contribution is 7.59. The smallest absolute Gasteiger partial charge is 0.406 e. The zero-order valence-electron chi connectivity index (χ0n) is 18.4. The first-order valence-corrected chi connectivity index (χ1v) is 10.9. The molecule has 1 aliphatic carbocycles. The number of alkyl halides is 4. The molecule has 0 radical (unpaired) electrons. The van der Waals surface area contributed by atoms with Crippen LogP contribution in [0.2, 0.25) is 5.02 Å². The van der Waals surface area contributed by atoms with Crippen LogP contribution in [-0.2, 0) is 4.79 Å². The molecular formula is C21H19Cl2F3N6O3S. The maximum Gasteiger partial charge on any atom is 0.573 e. The number of pyridine rings is 1. The number of amides is 2. The Balaban J connectivity index is 0.00000361. The normalized spacial score (nSPS) is 14.8. The summed E-state index contributed by atoms with van der Waals surface area (Å²) in [5, 5.41) is 9.33. The van der Waals surface area contributed by atoms with Crippen LogP contribution in [0.5, 0.6) is 5.75 Å². The van der Waals surface area contributed by atoms with E-state index < -0.39 is 28.9 Å². The number of carbonyl (C=O) groups excluding carboxylic acids is 2. The standard InChI is InChI=1S/C21H17Cl2F3N6O3.H2S/c1-11(30-18(33)12-6-13(22)8-15(7-12)35-21(24,25)26)17-28-10-29-32(17)16-3-2-14(9-27-16)31-19(34)20(23)4-5-20;/h2-3,6-11H,4-5H2,1H3,(H,30,33)(H,31,34);1H2/t11-;/m0./s1. The number of ether oxygens (including phenoxy) is 1. The highest BCUT2D eigenvalue weighted by Crippen LogP contribution is 2.43. The average molecular weight is 563 g/mol. The molecule has 2 amide bonds. The molecule has 36 heavy (non-hydrogen) atoms. The topological polar surface area (TPSA) is 111 Å². The van der Waals surface area contributed by atoms with Gasteiger partial charge in [-0.3, -0.25) is 9.59 Å². The minimum absolute atomic E-state index is 0. The van der Waals surface area contributed by atoms with Crippen LogP contribution in [0.4, 0.5) is 18.9 Å². The predicted octanol–water partition coefficient (Wildman–Crippen LogP) is 4.53. The van der Waals surface area contributed by atoms with Crippen LogP contribution in [0.1, 0.15) is 42.0 Å². The molecule has 2 aromatic heterocycles. The second-order valence-corrected chi connectivity index (χ2v) is 8.93. The van der Waals surface area contributed by atoms with Crippen molar-refractivity contribution in [1.29, 1.82) is 0 Å². The molecule has 0 unspecified atom stereocenters. The van der Waals surface area contributed by atoms with E-state index in [9.17, 15) is 22.8 Å². The van der Waals surface area contributed by atoms with Crippen molar-refractivity contribution in [2.24, 2.45) is 0 Å². The molecule has 1 aliphatic rings. The number of nitrogens with one attached hydrogen (secondary N) is 2. The van der Waals surface area contributed by atoms with Crippen LogP contribution in [0.15, 0.2) is 42.9 Å².